The summed E-state index contributed by atoms with van der Waals surface area (Å²) < 4.78 is 34.6. The molecule has 19 heavy (non-hydrogen) atoms. The molecule has 0 aromatic carbocycles. The number of aromatic nitrogens is 1. The third-order valence-electron chi connectivity index (χ3n) is 2.70. The Hall–Kier alpha value is -0.480. The Bertz CT molecular complexity index is 625. The summed E-state index contributed by atoms with van der Waals surface area (Å²) in [7, 11) is -4.58. The molecule has 0 radical (unpaired) electrons. The first kappa shape index (κ1) is 14.9. The lowest BCUT2D eigenvalue weighted by Gasteiger charge is -2.15. The van der Waals surface area contributed by atoms with Crippen molar-refractivity contribution in [3.63, 3.8) is 0 Å². The molecular weight excluding hydrogens is 410 g/mol. The highest BCUT2D eigenvalue weighted by atomic mass is 127. The number of anilines is 1. The van der Waals surface area contributed by atoms with Crippen molar-refractivity contribution in [3.05, 3.63) is 20.9 Å². The van der Waals surface area contributed by atoms with Gasteiger partial charge >= 0.3 is 10.2 Å². The second-order valence-corrected chi connectivity index (χ2v) is 7.15. The van der Waals surface area contributed by atoms with Gasteiger partial charge in [0.05, 0.1) is 9.32 Å². The van der Waals surface area contributed by atoms with E-state index in [-0.39, 0.29) is 24.0 Å². The Morgan fingerprint density at radius 3 is 2.79 bits per heavy atom. The highest BCUT2D eigenvalue weighted by molar-refractivity contribution is 14.1. The van der Waals surface area contributed by atoms with Gasteiger partial charge in [0.1, 0.15) is 11.0 Å². The second-order valence-electron chi connectivity index (χ2n) is 4.22. The van der Waals surface area contributed by atoms with Crippen LogP contribution in [0.25, 0.3) is 0 Å². The van der Waals surface area contributed by atoms with Crippen LogP contribution in [0.1, 0.15) is 6.42 Å². The number of hydrogen-bond acceptors (Lipinski definition) is 4. The van der Waals surface area contributed by atoms with Gasteiger partial charge in [-0.2, -0.15) is 8.42 Å². The van der Waals surface area contributed by atoms with Crippen molar-refractivity contribution in [2.24, 2.45) is 5.92 Å². The molecule has 2 heterocycles. The molecule has 0 spiro atoms. The van der Waals surface area contributed by atoms with Crippen LogP contribution in [0.5, 0.6) is 0 Å². The van der Waals surface area contributed by atoms with Crippen LogP contribution in [0.15, 0.2) is 12.1 Å². The monoisotopic (exact) mass is 418 g/mol. The van der Waals surface area contributed by atoms with Gasteiger partial charge in [-0.3, -0.25) is 9.69 Å². The van der Waals surface area contributed by atoms with Crippen molar-refractivity contribution in [2.75, 3.05) is 17.2 Å². The quantitative estimate of drug-likeness (QED) is 0.428. The Morgan fingerprint density at radius 2 is 2.21 bits per heavy atom. The van der Waals surface area contributed by atoms with E-state index in [9.17, 15) is 17.1 Å². The number of carbonyl (C=O) groups excluding carboxylic acids is 1. The molecule has 1 aliphatic heterocycles. The summed E-state index contributed by atoms with van der Waals surface area (Å²) in [6.45, 7) is 0.131. The van der Waals surface area contributed by atoms with Crippen LogP contribution in [0.4, 0.5) is 9.70 Å². The summed E-state index contributed by atoms with van der Waals surface area (Å²) in [5, 5.41) is 0.271. The zero-order valence-corrected chi connectivity index (χ0v) is 13.2. The molecule has 104 valence electrons. The number of amides is 1. The number of hydrogen-bond donors (Lipinski definition) is 0. The lowest BCUT2D eigenvalue weighted by molar-refractivity contribution is -0.117. The number of halogens is 3. The van der Waals surface area contributed by atoms with Crippen molar-refractivity contribution < 1.29 is 17.1 Å². The summed E-state index contributed by atoms with van der Waals surface area (Å²) in [6.07, 6.45) is -0.00552. The third kappa shape index (κ3) is 3.76. The number of rotatable bonds is 3. The summed E-state index contributed by atoms with van der Waals surface area (Å²) in [6, 6.07) is 3.33. The van der Waals surface area contributed by atoms with Crippen LogP contribution in [0, 0.1) is 9.49 Å². The largest absolute Gasteiger partial charge is 0.302 e. The maximum atomic E-state index is 12.6. The Morgan fingerprint density at radius 1 is 1.53 bits per heavy atom. The first-order valence-electron chi connectivity index (χ1n) is 5.31. The first-order valence-corrected chi connectivity index (χ1v) is 8.32. The van der Waals surface area contributed by atoms with Gasteiger partial charge in [0.15, 0.2) is 0 Å². The van der Waals surface area contributed by atoms with Crippen LogP contribution in [0.2, 0.25) is 5.15 Å². The number of pyridine rings is 1. The predicted octanol–water partition coefficient (Wildman–Crippen LogP) is 1.99. The zero-order chi connectivity index (χ0) is 14.2. The lowest BCUT2D eigenvalue weighted by Crippen LogP contribution is -2.26. The van der Waals surface area contributed by atoms with Crippen LogP contribution >= 0.6 is 34.2 Å². The molecule has 9 heteroatoms. The lowest BCUT2D eigenvalue weighted by atomic mass is 10.1. The van der Waals surface area contributed by atoms with Gasteiger partial charge in [0, 0.05) is 18.9 Å². The molecule has 5 nitrogen and oxygen atoms in total. The maximum Gasteiger partial charge on any atom is 0.302 e. The molecule has 0 N–H and O–H groups in total. The van der Waals surface area contributed by atoms with Crippen molar-refractivity contribution in [2.45, 2.75) is 6.42 Å². The Kier molecular flexibility index (Phi) is 4.31. The average molecular weight is 419 g/mol. The van der Waals surface area contributed by atoms with Gasteiger partial charge in [0.2, 0.25) is 5.91 Å². The van der Waals surface area contributed by atoms with Gasteiger partial charge in [0.25, 0.3) is 0 Å². The van der Waals surface area contributed by atoms with Gasteiger partial charge in [-0.1, -0.05) is 11.6 Å². The smallest absolute Gasteiger partial charge is 0.296 e. The molecule has 1 aromatic heterocycles. The Balaban J connectivity index is 2.18. The highest BCUT2D eigenvalue weighted by Gasteiger charge is 2.34. The molecule has 1 atom stereocenters. The molecular formula is C10H9ClFIN2O3S. The molecule has 0 saturated carbocycles. The second kappa shape index (κ2) is 5.49. The average Bonchev–Trinajstić information content (AvgIpc) is 2.61. The number of nitrogens with zero attached hydrogens (tertiary/aromatic N) is 2. The fourth-order valence-electron chi connectivity index (χ4n) is 1.95. The van der Waals surface area contributed by atoms with E-state index < -0.39 is 21.9 Å². The molecule has 1 aromatic rings. The summed E-state index contributed by atoms with van der Waals surface area (Å²) >= 11 is 7.87. The van der Waals surface area contributed by atoms with Crippen LogP contribution in [-0.2, 0) is 15.0 Å². The van der Waals surface area contributed by atoms with E-state index in [1.54, 1.807) is 12.1 Å². The molecule has 0 bridgehead atoms. The minimum Gasteiger partial charge on any atom is -0.296 e. The predicted molar refractivity (Wildman–Crippen MR) is 77.3 cm³/mol. The minimum atomic E-state index is -4.58. The molecule has 1 unspecified atom stereocenters. The van der Waals surface area contributed by atoms with E-state index in [1.165, 1.54) is 4.90 Å². The van der Waals surface area contributed by atoms with Crippen molar-refractivity contribution in [1.82, 2.24) is 4.98 Å². The fourth-order valence-corrected chi connectivity index (χ4v) is 3.19. The van der Waals surface area contributed by atoms with Crippen LogP contribution in [-0.4, -0.2) is 31.6 Å². The first-order chi connectivity index (χ1) is 8.76. The zero-order valence-electron chi connectivity index (χ0n) is 9.51. The van der Waals surface area contributed by atoms with E-state index >= 15 is 0 Å². The fraction of sp³-hybridized carbons (Fsp3) is 0.400. The molecule has 1 aliphatic rings. The number of carbonyl (C=O) groups is 1. The molecule has 0 aliphatic carbocycles. The van der Waals surface area contributed by atoms with Gasteiger partial charge < -0.3 is 0 Å². The SMILES string of the molecule is O=C1CC(CS(=O)(=O)F)CN1c1ccc(I)c(Cl)n1. The summed E-state index contributed by atoms with van der Waals surface area (Å²) in [5.41, 5.74) is 0. The van der Waals surface area contributed by atoms with E-state index in [1.807, 2.05) is 22.6 Å². The summed E-state index contributed by atoms with van der Waals surface area (Å²) in [5.74, 6) is -1.12. The Labute approximate surface area is 128 Å². The third-order valence-corrected chi connectivity index (χ3v) is 5.05. The summed E-state index contributed by atoms with van der Waals surface area (Å²) in [4.78, 5) is 17.2. The van der Waals surface area contributed by atoms with Gasteiger partial charge in [-0.15, -0.1) is 3.89 Å². The van der Waals surface area contributed by atoms with E-state index in [2.05, 4.69) is 4.98 Å². The van der Waals surface area contributed by atoms with Crippen molar-refractivity contribution in [3.8, 4) is 0 Å². The molecule has 1 fully saturated rings. The highest BCUT2D eigenvalue weighted by Crippen LogP contribution is 2.27. The van der Waals surface area contributed by atoms with Crippen LogP contribution in [0.3, 0.4) is 0 Å². The van der Waals surface area contributed by atoms with Gasteiger partial charge in [-0.05, 0) is 34.7 Å². The maximum absolute atomic E-state index is 12.6. The van der Waals surface area contributed by atoms with Crippen molar-refractivity contribution in [1.29, 1.82) is 0 Å². The molecule has 1 amide bonds. The van der Waals surface area contributed by atoms with E-state index in [0.29, 0.717) is 5.82 Å². The topological polar surface area (TPSA) is 67.3 Å². The molecule has 1 saturated heterocycles. The normalized spacial score (nSPS) is 20.1. The standard InChI is InChI=1S/C10H9ClFIN2O3S/c11-10-7(13)1-2-8(14-10)15-4-6(3-9(15)16)5-19(12,17)18/h1-2,6H,3-5H2. The van der Waals surface area contributed by atoms with E-state index in [4.69, 9.17) is 11.6 Å². The van der Waals surface area contributed by atoms with Gasteiger partial charge in [-0.25, -0.2) is 4.98 Å². The van der Waals surface area contributed by atoms with E-state index in [0.717, 1.165) is 3.57 Å². The van der Waals surface area contributed by atoms with Crippen LogP contribution < -0.4 is 4.90 Å². The van der Waals surface area contributed by atoms with Crippen molar-refractivity contribution >= 4 is 56.1 Å². The molecule has 2 rings (SSSR count). The minimum absolute atomic E-state index is 0.00552.